The smallest absolute Gasteiger partial charge is 0.404 e. The molecule has 196 valence electrons. The molecule has 2 saturated carbocycles. The fourth-order valence-corrected chi connectivity index (χ4v) is 6.27. The van der Waals surface area contributed by atoms with Crippen LogP contribution in [0.3, 0.4) is 0 Å². The van der Waals surface area contributed by atoms with Gasteiger partial charge < -0.3 is 19.9 Å². The molecule has 2 aromatic rings. The van der Waals surface area contributed by atoms with E-state index in [9.17, 15) is 9.59 Å². The number of nitrogens with zero attached hydrogens (tertiary/aromatic N) is 2. The Morgan fingerprint density at radius 3 is 2.65 bits per heavy atom. The molecule has 2 N–H and O–H groups in total. The minimum atomic E-state index is -0.794. The normalized spacial score (nSPS) is 29.7. The predicted molar refractivity (Wildman–Crippen MR) is 140 cm³/mol. The second kappa shape index (κ2) is 10.2. The number of hydrogen-bond donors (Lipinski definition) is 2. The second-order valence-corrected chi connectivity index (χ2v) is 11.8. The molecule has 0 radical (unpaired) electrons. The van der Waals surface area contributed by atoms with Crippen molar-refractivity contribution in [3.05, 3.63) is 60.2 Å². The summed E-state index contributed by atoms with van der Waals surface area (Å²) in [5.41, 5.74) is 1.15. The Morgan fingerprint density at radius 2 is 1.95 bits per heavy atom. The van der Waals surface area contributed by atoms with Crippen molar-refractivity contribution in [1.29, 1.82) is 0 Å². The highest BCUT2D eigenvalue weighted by Crippen LogP contribution is 2.67. The zero-order valence-electron chi connectivity index (χ0n) is 22.1. The van der Waals surface area contributed by atoms with E-state index in [1.807, 2.05) is 30.3 Å². The summed E-state index contributed by atoms with van der Waals surface area (Å²) in [5, 5.41) is 6.06. The van der Waals surface area contributed by atoms with Gasteiger partial charge >= 0.3 is 7.12 Å². The second-order valence-electron chi connectivity index (χ2n) is 11.8. The maximum Gasteiger partial charge on any atom is 0.481 e. The maximum absolute atomic E-state index is 13.7. The number of carbonyl (C=O) groups excluding carboxylic acids is 2. The van der Waals surface area contributed by atoms with E-state index in [0.717, 1.165) is 18.4 Å². The number of rotatable bonds is 9. The summed E-state index contributed by atoms with van der Waals surface area (Å²) in [6.07, 6.45) is 8.76. The zero-order chi connectivity index (χ0) is 26.2. The van der Waals surface area contributed by atoms with E-state index in [2.05, 4.69) is 48.3 Å². The maximum atomic E-state index is 13.7. The highest BCUT2D eigenvalue weighted by molar-refractivity contribution is 6.48. The molecular formula is C28H37BN4O4. The lowest BCUT2D eigenvalue weighted by Crippen LogP contribution is -2.55. The fourth-order valence-electron chi connectivity index (χ4n) is 6.27. The number of fused-ring (bicyclic) bond motifs is 3. The lowest BCUT2D eigenvalue weighted by atomic mass is 9.73. The number of nitrogens with one attached hydrogen (secondary N) is 2. The van der Waals surface area contributed by atoms with Crippen LogP contribution in [0.1, 0.15) is 69.4 Å². The van der Waals surface area contributed by atoms with Crippen molar-refractivity contribution in [2.45, 2.75) is 83.5 Å². The molecule has 1 saturated heterocycles. The van der Waals surface area contributed by atoms with Crippen molar-refractivity contribution in [1.82, 2.24) is 20.6 Å². The first-order valence-corrected chi connectivity index (χ1v) is 13.4. The quantitative estimate of drug-likeness (QED) is 0.508. The zero-order valence-corrected chi connectivity index (χ0v) is 22.1. The SMILES string of the molecule is CC(C)CC(NC(=O)[C@H](Cc1ccccc1)NC(=O)c1cnccn1)B1OC2CCC3(C)CC3C2(C)O1. The van der Waals surface area contributed by atoms with Gasteiger partial charge in [-0.1, -0.05) is 51.1 Å². The van der Waals surface area contributed by atoms with Crippen LogP contribution in [0.4, 0.5) is 0 Å². The van der Waals surface area contributed by atoms with Crippen LogP contribution in [0.15, 0.2) is 48.9 Å². The van der Waals surface area contributed by atoms with Crippen molar-refractivity contribution in [3.8, 4) is 0 Å². The molecule has 9 heteroatoms. The van der Waals surface area contributed by atoms with Crippen molar-refractivity contribution >= 4 is 18.9 Å². The number of hydrogen-bond acceptors (Lipinski definition) is 6. The first kappa shape index (κ1) is 25.9. The van der Waals surface area contributed by atoms with E-state index in [1.54, 1.807) is 0 Å². The van der Waals surface area contributed by atoms with Crippen LogP contribution in [0, 0.1) is 17.3 Å². The van der Waals surface area contributed by atoms with Gasteiger partial charge in [-0.15, -0.1) is 0 Å². The third-order valence-electron chi connectivity index (χ3n) is 8.41. The van der Waals surface area contributed by atoms with Crippen molar-refractivity contribution in [2.75, 3.05) is 0 Å². The molecule has 0 spiro atoms. The molecule has 2 aliphatic carbocycles. The van der Waals surface area contributed by atoms with Gasteiger partial charge in [-0.05, 0) is 55.4 Å². The van der Waals surface area contributed by atoms with Crippen LogP contribution in [0.25, 0.3) is 0 Å². The largest absolute Gasteiger partial charge is 0.481 e. The van der Waals surface area contributed by atoms with Crippen LogP contribution >= 0.6 is 0 Å². The molecule has 3 fully saturated rings. The van der Waals surface area contributed by atoms with E-state index in [4.69, 9.17) is 9.31 Å². The summed E-state index contributed by atoms with van der Waals surface area (Å²) >= 11 is 0. The van der Waals surface area contributed by atoms with Crippen LogP contribution in [0.2, 0.25) is 0 Å². The summed E-state index contributed by atoms with van der Waals surface area (Å²) in [7, 11) is -0.516. The van der Waals surface area contributed by atoms with Gasteiger partial charge in [0.1, 0.15) is 11.7 Å². The van der Waals surface area contributed by atoms with Crippen LogP contribution < -0.4 is 10.6 Å². The Labute approximate surface area is 219 Å². The van der Waals surface area contributed by atoms with E-state index in [-0.39, 0.29) is 29.2 Å². The first-order chi connectivity index (χ1) is 17.7. The number of carbonyl (C=O) groups is 2. The highest BCUT2D eigenvalue weighted by atomic mass is 16.7. The molecule has 3 aliphatic rings. The molecule has 5 rings (SSSR count). The number of benzene rings is 1. The Hall–Kier alpha value is -2.78. The fraction of sp³-hybridized carbons (Fsp3) is 0.571. The number of aromatic nitrogens is 2. The molecule has 2 heterocycles. The summed E-state index contributed by atoms with van der Waals surface area (Å²) < 4.78 is 13.1. The van der Waals surface area contributed by atoms with Crippen LogP contribution in [-0.4, -0.2) is 52.6 Å². The summed E-state index contributed by atoms with van der Waals surface area (Å²) in [5.74, 6) is -0.219. The van der Waals surface area contributed by atoms with Gasteiger partial charge in [-0.25, -0.2) is 4.98 Å². The molecule has 1 aromatic heterocycles. The van der Waals surface area contributed by atoms with Crippen LogP contribution in [-0.2, 0) is 20.5 Å². The molecule has 37 heavy (non-hydrogen) atoms. The van der Waals surface area contributed by atoms with Gasteiger partial charge in [0.05, 0.1) is 23.8 Å². The summed E-state index contributed by atoms with van der Waals surface area (Å²) in [6.45, 7) is 8.77. The third-order valence-corrected chi connectivity index (χ3v) is 8.41. The third kappa shape index (κ3) is 5.43. The molecule has 1 aromatic carbocycles. The average molecular weight is 504 g/mol. The van der Waals surface area contributed by atoms with Gasteiger partial charge in [0.2, 0.25) is 5.91 Å². The first-order valence-electron chi connectivity index (χ1n) is 13.4. The van der Waals surface area contributed by atoms with Gasteiger partial charge in [0, 0.05) is 18.8 Å². The standard InChI is InChI=1S/C28H37BN4O4/c1-18(2)14-24(29-36-23-10-11-27(3)16-22(27)28(23,4)37-29)33-25(34)20(15-19-8-6-5-7-9-19)32-26(35)21-17-30-12-13-31-21/h5-9,12-13,17-18,20,22-24H,10-11,14-16H2,1-4H3,(H,32,35)(H,33,34)/t20-,22?,23?,24?,27?,28?/m0/s1. The molecular weight excluding hydrogens is 467 g/mol. The van der Waals surface area contributed by atoms with Gasteiger partial charge in [0.15, 0.2) is 0 Å². The summed E-state index contributed by atoms with van der Waals surface area (Å²) in [6, 6.07) is 8.87. The summed E-state index contributed by atoms with van der Waals surface area (Å²) in [4.78, 5) is 34.7. The Bertz CT molecular complexity index is 1120. The van der Waals surface area contributed by atoms with E-state index >= 15 is 0 Å². The lowest BCUT2D eigenvalue weighted by Gasteiger charge is -2.37. The topological polar surface area (TPSA) is 102 Å². The molecule has 8 nitrogen and oxygen atoms in total. The lowest BCUT2D eigenvalue weighted by molar-refractivity contribution is -0.123. The predicted octanol–water partition coefficient (Wildman–Crippen LogP) is 3.37. The van der Waals surface area contributed by atoms with Crippen molar-refractivity contribution in [3.63, 3.8) is 0 Å². The van der Waals surface area contributed by atoms with Crippen LogP contribution in [0.5, 0.6) is 0 Å². The Morgan fingerprint density at radius 1 is 1.16 bits per heavy atom. The molecule has 1 aliphatic heterocycles. The monoisotopic (exact) mass is 504 g/mol. The highest BCUT2D eigenvalue weighted by Gasteiger charge is 2.69. The van der Waals surface area contributed by atoms with Crippen molar-refractivity contribution in [2.24, 2.45) is 17.3 Å². The molecule has 2 amide bonds. The van der Waals surface area contributed by atoms with Gasteiger partial charge in [-0.2, -0.15) is 0 Å². The van der Waals surface area contributed by atoms with E-state index < -0.39 is 19.1 Å². The molecule has 5 unspecified atom stereocenters. The number of amides is 2. The minimum Gasteiger partial charge on any atom is -0.404 e. The van der Waals surface area contributed by atoms with E-state index in [0.29, 0.717) is 30.1 Å². The molecule has 6 atom stereocenters. The van der Waals surface area contributed by atoms with E-state index in [1.165, 1.54) is 25.0 Å². The van der Waals surface area contributed by atoms with Gasteiger partial charge in [-0.3, -0.25) is 14.6 Å². The Balaban J connectivity index is 1.33. The molecule has 0 bridgehead atoms. The van der Waals surface area contributed by atoms with Crippen molar-refractivity contribution < 1.29 is 18.9 Å². The average Bonchev–Trinajstić information content (AvgIpc) is 3.47. The van der Waals surface area contributed by atoms with Gasteiger partial charge in [0.25, 0.3) is 5.91 Å². The Kier molecular flexibility index (Phi) is 7.11. The minimum absolute atomic E-state index is 0.0427.